The molecule has 2 atom stereocenters. The highest BCUT2D eigenvalue weighted by atomic mass is 16.5. The van der Waals surface area contributed by atoms with Gasteiger partial charge in [-0.25, -0.2) is 4.79 Å². The molecule has 0 rings (SSSR count). The molecule has 0 aromatic carbocycles. The third-order valence-corrected chi connectivity index (χ3v) is 5.87. The fraction of sp³-hybridized carbons (Fsp3) is 0.885. The van der Waals surface area contributed by atoms with Crippen LogP contribution in [0.15, 0.2) is 11.6 Å². The quantitative estimate of drug-likeness (QED) is 0.124. The van der Waals surface area contributed by atoms with Crippen molar-refractivity contribution in [3.63, 3.8) is 0 Å². The van der Waals surface area contributed by atoms with E-state index in [1.165, 1.54) is 103 Å². The molecule has 0 aromatic heterocycles. The number of allylic oxidation sites excluding steroid dienone is 1. The van der Waals surface area contributed by atoms with Gasteiger partial charge in [0.15, 0.2) is 0 Å². The van der Waals surface area contributed by atoms with Crippen molar-refractivity contribution in [3.05, 3.63) is 11.6 Å². The second-order valence-corrected chi connectivity index (χ2v) is 9.04. The summed E-state index contributed by atoms with van der Waals surface area (Å²) in [6.07, 6.45) is 24.4. The van der Waals surface area contributed by atoms with Gasteiger partial charge in [-0.2, -0.15) is 0 Å². The molecular formula is C26H50O2. The Hall–Kier alpha value is -0.790. The molecule has 0 aromatic rings. The first-order valence-electron chi connectivity index (χ1n) is 12.3. The number of esters is 1. The first kappa shape index (κ1) is 27.2. The first-order valence-corrected chi connectivity index (χ1v) is 12.3. The van der Waals surface area contributed by atoms with Crippen LogP contribution in [0.2, 0.25) is 0 Å². The van der Waals surface area contributed by atoms with Gasteiger partial charge in [-0.05, 0) is 25.2 Å². The smallest absolute Gasteiger partial charge is 0.333 e. The van der Waals surface area contributed by atoms with Crippen LogP contribution in [0.5, 0.6) is 0 Å². The van der Waals surface area contributed by atoms with Gasteiger partial charge in [0, 0.05) is 5.57 Å². The number of rotatable bonds is 19. The second kappa shape index (κ2) is 19.5. The third-order valence-electron chi connectivity index (χ3n) is 5.87. The van der Waals surface area contributed by atoms with Gasteiger partial charge < -0.3 is 4.74 Å². The van der Waals surface area contributed by atoms with Crippen LogP contribution in [0.4, 0.5) is 0 Å². The summed E-state index contributed by atoms with van der Waals surface area (Å²) < 4.78 is 4.77. The maximum absolute atomic E-state index is 11.5. The molecule has 0 bridgehead atoms. The molecule has 0 saturated carbocycles. The Balaban J connectivity index is 3.45. The van der Waals surface area contributed by atoms with E-state index in [-0.39, 0.29) is 5.97 Å². The zero-order chi connectivity index (χ0) is 21.0. The van der Waals surface area contributed by atoms with Crippen molar-refractivity contribution < 1.29 is 9.53 Å². The highest BCUT2D eigenvalue weighted by molar-refractivity contribution is 5.87. The molecule has 0 aliphatic heterocycles. The fourth-order valence-electron chi connectivity index (χ4n) is 4.16. The Morgan fingerprint density at radius 1 is 0.786 bits per heavy atom. The van der Waals surface area contributed by atoms with Crippen molar-refractivity contribution in [2.75, 3.05) is 7.11 Å². The number of methoxy groups -OCH3 is 1. The summed E-state index contributed by atoms with van der Waals surface area (Å²) in [4.78, 5) is 11.5. The summed E-state index contributed by atoms with van der Waals surface area (Å²) >= 11 is 0. The fourth-order valence-corrected chi connectivity index (χ4v) is 4.16. The van der Waals surface area contributed by atoms with E-state index in [2.05, 4.69) is 26.8 Å². The van der Waals surface area contributed by atoms with E-state index in [9.17, 15) is 4.79 Å². The summed E-state index contributed by atoms with van der Waals surface area (Å²) in [5, 5.41) is 0. The summed E-state index contributed by atoms with van der Waals surface area (Å²) in [7, 11) is 1.45. The average molecular weight is 395 g/mol. The molecule has 0 radical (unpaired) electrons. The molecule has 0 spiro atoms. The van der Waals surface area contributed by atoms with E-state index in [1.807, 2.05) is 6.92 Å². The molecule has 0 heterocycles. The van der Waals surface area contributed by atoms with Crippen LogP contribution >= 0.6 is 0 Å². The SMILES string of the molecule is CCCCCCCCCCCCCCCC[C@H](C)C[C@@H](C)/C=C(\C)C(=O)OC. The highest BCUT2D eigenvalue weighted by Crippen LogP contribution is 2.21. The van der Waals surface area contributed by atoms with Crippen LogP contribution in [-0.2, 0) is 9.53 Å². The van der Waals surface area contributed by atoms with E-state index in [0.29, 0.717) is 5.92 Å². The number of hydrogen-bond donors (Lipinski definition) is 0. The largest absolute Gasteiger partial charge is 0.466 e. The minimum Gasteiger partial charge on any atom is -0.466 e. The van der Waals surface area contributed by atoms with Crippen LogP contribution in [0.3, 0.4) is 0 Å². The Morgan fingerprint density at radius 3 is 1.64 bits per heavy atom. The van der Waals surface area contributed by atoms with Gasteiger partial charge >= 0.3 is 5.97 Å². The molecule has 0 aliphatic carbocycles. The van der Waals surface area contributed by atoms with Crippen molar-refractivity contribution in [1.82, 2.24) is 0 Å². The molecule has 166 valence electrons. The Morgan fingerprint density at radius 2 is 1.21 bits per heavy atom. The van der Waals surface area contributed by atoms with Gasteiger partial charge in [-0.15, -0.1) is 0 Å². The van der Waals surface area contributed by atoms with Gasteiger partial charge in [0.2, 0.25) is 0 Å². The molecule has 0 amide bonds. The van der Waals surface area contributed by atoms with Crippen molar-refractivity contribution in [2.45, 2.75) is 130 Å². The van der Waals surface area contributed by atoms with Gasteiger partial charge in [0.1, 0.15) is 0 Å². The lowest BCUT2D eigenvalue weighted by atomic mass is 9.91. The van der Waals surface area contributed by atoms with Crippen LogP contribution in [0.25, 0.3) is 0 Å². The molecular weight excluding hydrogens is 344 g/mol. The van der Waals surface area contributed by atoms with E-state index < -0.39 is 0 Å². The molecule has 0 saturated heterocycles. The van der Waals surface area contributed by atoms with E-state index in [4.69, 9.17) is 4.74 Å². The van der Waals surface area contributed by atoms with E-state index >= 15 is 0 Å². The zero-order valence-corrected chi connectivity index (χ0v) is 19.9. The van der Waals surface area contributed by atoms with Crippen molar-refractivity contribution in [1.29, 1.82) is 0 Å². The standard InChI is InChI=1S/C26H50O2/c1-6-7-8-9-10-11-12-13-14-15-16-17-18-19-20-23(2)21-24(3)22-25(4)26(27)28-5/h22-24H,6-21H2,1-5H3/b25-22+/t23-,24+/m0/s1. The molecule has 0 fully saturated rings. The molecule has 2 nitrogen and oxygen atoms in total. The summed E-state index contributed by atoms with van der Waals surface area (Å²) in [5.41, 5.74) is 0.735. The number of hydrogen-bond acceptors (Lipinski definition) is 2. The third kappa shape index (κ3) is 17.3. The summed E-state index contributed by atoms with van der Waals surface area (Å²) in [6, 6.07) is 0. The predicted molar refractivity (Wildman–Crippen MR) is 124 cm³/mol. The van der Waals surface area contributed by atoms with Crippen LogP contribution < -0.4 is 0 Å². The molecule has 2 heteroatoms. The number of unbranched alkanes of at least 4 members (excludes halogenated alkanes) is 13. The zero-order valence-electron chi connectivity index (χ0n) is 19.9. The average Bonchev–Trinajstić information content (AvgIpc) is 2.67. The van der Waals surface area contributed by atoms with Gasteiger partial charge in [-0.3, -0.25) is 0 Å². The van der Waals surface area contributed by atoms with Crippen molar-refractivity contribution in [2.24, 2.45) is 11.8 Å². The molecule has 28 heavy (non-hydrogen) atoms. The minimum atomic E-state index is -0.202. The predicted octanol–water partition coefficient (Wildman–Crippen LogP) is 8.64. The number of ether oxygens (including phenoxy) is 1. The Kier molecular flexibility index (Phi) is 19.0. The van der Waals surface area contributed by atoms with Crippen molar-refractivity contribution in [3.8, 4) is 0 Å². The van der Waals surface area contributed by atoms with Crippen LogP contribution in [0.1, 0.15) is 130 Å². The Labute approximate surface area is 176 Å². The first-order chi connectivity index (χ1) is 13.5. The van der Waals surface area contributed by atoms with E-state index in [1.54, 1.807) is 0 Å². The monoisotopic (exact) mass is 394 g/mol. The van der Waals surface area contributed by atoms with Gasteiger partial charge in [-0.1, -0.05) is 123 Å². The van der Waals surface area contributed by atoms with Crippen LogP contribution in [-0.4, -0.2) is 13.1 Å². The normalized spacial score (nSPS) is 14.1. The molecule has 0 aliphatic rings. The van der Waals surface area contributed by atoms with Crippen LogP contribution in [0, 0.1) is 11.8 Å². The van der Waals surface area contributed by atoms with Gasteiger partial charge in [0.25, 0.3) is 0 Å². The molecule has 0 N–H and O–H groups in total. The second-order valence-electron chi connectivity index (χ2n) is 9.04. The maximum atomic E-state index is 11.5. The topological polar surface area (TPSA) is 26.3 Å². The lowest BCUT2D eigenvalue weighted by molar-refractivity contribution is -0.136. The molecule has 0 unspecified atom stereocenters. The maximum Gasteiger partial charge on any atom is 0.333 e. The van der Waals surface area contributed by atoms with Gasteiger partial charge in [0.05, 0.1) is 7.11 Å². The van der Waals surface area contributed by atoms with E-state index in [0.717, 1.165) is 17.9 Å². The lowest BCUT2D eigenvalue weighted by Crippen LogP contribution is -2.06. The van der Waals surface area contributed by atoms with Crippen molar-refractivity contribution >= 4 is 5.97 Å². The number of carbonyl (C=O) groups is 1. The lowest BCUT2D eigenvalue weighted by Gasteiger charge is -2.15. The summed E-state index contributed by atoms with van der Waals surface area (Å²) in [5.74, 6) is 0.973. The summed E-state index contributed by atoms with van der Waals surface area (Å²) in [6.45, 7) is 8.68. The number of carbonyl (C=O) groups excluding carboxylic acids is 1. The highest BCUT2D eigenvalue weighted by Gasteiger charge is 2.10. The minimum absolute atomic E-state index is 0.202. The Bertz CT molecular complexity index is 386.